The fourth-order valence-corrected chi connectivity index (χ4v) is 2.00. The molecule has 0 spiro atoms. The summed E-state index contributed by atoms with van der Waals surface area (Å²) >= 11 is 0. The second-order valence-corrected chi connectivity index (χ2v) is 5.69. The molecule has 16 heavy (non-hydrogen) atoms. The molecule has 4 nitrogen and oxygen atoms in total. The Hall–Kier alpha value is -1.21. The molecule has 1 aromatic rings. The topological polar surface area (TPSA) is 71.4 Å². The van der Waals surface area contributed by atoms with Crippen LogP contribution in [0.25, 0.3) is 0 Å². The fraction of sp³-hybridized carbons (Fsp3) is 0.125. The van der Waals surface area contributed by atoms with Crippen molar-refractivity contribution in [1.29, 1.82) is 0 Å². The van der Waals surface area contributed by atoms with Gasteiger partial charge >= 0.3 is 5.97 Å². The van der Waals surface area contributed by atoms with Gasteiger partial charge < -0.3 is 5.11 Å². The van der Waals surface area contributed by atoms with Gasteiger partial charge in [-0.1, -0.05) is 0 Å². The lowest BCUT2D eigenvalue weighted by molar-refractivity contribution is 0.0691. The molecule has 1 aromatic carbocycles. The predicted octanol–water partition coefficient (Wildman–Crippen LogP) is 1.73. The molecule has 1 N–H and O–H groups in total. The first-order valence-electron chi connectivity index (χ1n) is 3.84. The summed E-state index contributed by atoms with van der Waals surface area (Å²) < 4.78 is 47.3. The molecule has 0 unspecified atom stereocenters. The molecule has 8 heteroatoms. The van der Waals surface area contributed by atoms with E-state index < -0.39 is 43.5 Å². The first-order valence-corrected chi connectivity index (χ1v) is 6.32. The molecule has 0 heterocycles. The largest absolute Gasteiger partial charge is 0.478 e. The van der Waals surface area contributed by atoms with Crippen molar-refractivity contribution in [3.63, 3.8) is 0 Å². The van der Waals surface area contributed by atoms with Crippen LogP contribution in [0, 0.1) is 11.6 Å². The number of carboxylic acid groups (broad SMARTS) is 1. The first-order chi connectivity index (χ1) is 7.20. The van der Waals surface area contributed by atoms with E-state index in [1.807, 2.05) is 0 Å². The summed E-state index contributed by atoms with van der Waals surface area (Å²) in [4.78, 5) is 10.5. The van der Waals surface area contributed by atoms with Crippen molar-refractivity contribution in [1.82, 2.24) is 0 Å². The number of hydrogen-bond donors (Lipinski definition) is 1. The molecule has 1 rings (SSSR count). The van der Waals surface area contributed by atoms with Crippen LogP contribution in [0.15, 0.2) is 12.1 Å². The van der Waals surface area contributed by atoms with E-state index in [1.165, 1.54) is 0 Å². The Kier molecular flexibility index (Phi) is 3.49. The summed E-state index contributed by atoms with van der Waals surface area (Å²) in [6.07, 6.45) is 0. The number of carbonyl (C=O) groups is 1. The quantitative estimate of drug-likeness (QED) is 0.849. The van der Waals surface area contributed by atoms with Gasteiger partial charge in [0.15, 0.2) is 0 Å². The van der Waals surface area contributed by atoms with Gasteiger partial charge in [0.05, 0.1) is 11.3 Å². The minimum atomic E-state index is -4.04. The SMILES string of the molecule is O=C(O)c1cc(CS(=O)(=O)Cl)c(F)cc1F. The molecular weight excluding hydrogens is 266 g/mol. The van der Waals surface area contributed by atoms with Gasteiger partial charge in [0, 0.05) is 22.3 Å². The number of hydrogen-bond acceptors (Lipinski definition) is 3. The van der Waals surface area contributed by atoms with Crippen LogP contribution >= 0.6 is 10.7 Å². The smallest absolute Gasteiger partial charge is 0.338 e. The highest BCUT2D eigenvalue weighted by molar-refractivity contribution is 8.13. The Morgan fingerprint density at radius 3 is 2.31 bits per heavy atom. The maximum Gasteiger partial charge on any atom is 0.338 e. The summed E-state index contributed by atoms with van der Waals surface area (Å²) in [5.74, 6) is -4.96. The van der Waals surface area contributed by atoms with Crippen LogP contribution in [0.2, 0.25) is 0 Å². The lowest BCUT2D eigenvalue weighted by atomic mass is 10.1. The lowest BCUT2D eigenvalue weighted by Gasteiger charge is -2.03. The molecule has 0 amide bonds. The van der Waals surface area contributed by atoms with Gasteiger partial charge in [-0.05, 0) is 6.07 Å². The van der Waals surface area contributed by atoms with Gasteiger partial charge in [-0.15, -0.1) is 0 Å². The third-order valence-electron chi connectivity index (χ3n) is 1.69. The van der Waals surface area contributed by atoms with Crippen LogP contribution in [0.4, 0.5) is 8.78 Å². The van der Waals surface area contributed by atoms with Crippen molar-refractivity contribution >= 4 is 25.7 Å². The molecule has 0 saturated heterocycles. The molecule has 0 radical (unpaired) electrons. The van der Waals surface area contributed by atoms with Gasteiger partial charge in [0.1, 0.15) is 11.6 Å². The Bertz CT molecular complexity index is 541. The van der Waals surface area contributed by atoms with Crippen LogP contribution in [0.3, 0.4) is 0 Å². The van der Waals surface area contributed by atoms with Crippen LogP contribution < -0.4 is 0 Å². The fourth-order valence-electron chi connectivity index (χ4n) is 1.05. The highest BCUT2D eigenvalue weighted by Gasteiger charge is 2.18. The zero-order chi connectivity index (χ0) is 12.5. The number of benzene rings is 1. The Labute approximate surface area is 93.9 Å². The predicted molar refractivity (Wildman–Crippen MR) is 51.8 cm³/mol. The second-order valence-electron chi connectivity index (χ2n) is 2.91. The van der Waals surface area contributed by atoms with Gasteiger partial charge in [-0.25, -0.2) is 22.0 Å². The van der Waals surface area contributed by atoms with Crippen molar-refractivity contribution in [3.05, 3.63) is 34.9 Å². The van der Waals surface area contributed by atoms with Crippen LogP contribution in [0.5, 0.6) is 0 Å². The van der Waals surface area contributed by atoms with E-state index >= 15 is 0 Å². The summed E-state index contributed by atoms with van der Waals surface area (Å²) in [6, 6.07) is 0.911. The van der Waals surface area contributed by atoms with Crippen LogP contribution in [-0.2, 0) is 14.8 Å². The van der Waals surface area contributed by atoms with E-state index in [9.17, 15) is 22.0 Å². The van der Waals surface area contributed by atoms with E-state index in [-0.39, 0.29) is 0 Å². The van der Waals surface area contributed by atoms with Crippen molar-refractivity contribution < 1.29 is 27.1 Å². The molecule has 0 saturated carbocycles. The normalized spacial score (nSPS) is 11.4. The Morgan fingerprint density at radius 2 is 1.88 bits per heavy atom. The summed E-state index contributed by atoms with van der Waals surface area (Å²) in [7, 11) is 0.838. The summed E-state index contributed by atoms with van der Waals surface area (Å²) in [6.45, 7) is 0. The third-order valence-corrected chi connectivity index (χ3v) is 2.68. The minimum Gasteiger partial charge on any atom is -0.478 e. The van der Waals surface area contributed by atoms with Gasteiger partial charge in [-0.3, -0.25) is 0 Å². The maximum absolute atomic E-state index is 13.1. The molecule has 0 aromatic heterocycles. The standard InChI is InChI=1S/C8H5ClF2O4S/c9-16(14,15)3-4-1-5(8(12)13)7(11)2-6(4)10/h1-2H,3H2,(H,12,13). The molecule has 0 aliphatic rings. The van der Waals surface area contributed by atoms with Gasteiger partial charge in [-0.2, -0.15) is 0 Å². The second kappa shape index (κ2) is 4.34. The monoisotopic (exact) mass is 270 g/mol. The zero-order valence-electron chi connectivity index (χ0n) is 7.58. The van der Waals surface area contributed by atoms with Gasteiger partial charge in [0.25, 0.3) is 0 Å². The molecule has 0 aliphatic heterocycles. The number of aromatic carboxylic acids is 1. The highest BCUT2D eigenvalue weighted by Crippen LogP contribution is 2.18. The van der Waals surface area contributed by atoms with Crippen molar-refractivity contribution in [2.45, 2.75) is 5.75 Å². The highest BCUT2D eigenvalue weighted by atomic mass is 35.7. The lowest BCUT2D eigenvalue weighted by Crippen LogP contribution is -2.06. The van der Waals surface area contributed by atoms with Crippen molar-refractivity contribution in [2.75, 3.05) is 0 Å². The maximum atomic E-state index is 13.1. The molecule has 88 valence electrons. The Balaban J connectivity index is 3.31. The molecule has 0 fully saturated rings. The van der Waals surface area contributed by atoms with E-state index in [1.54, 1.807) is 0 Å². The Morgan fingerprint density at radius 1 is 1.31 bits per heavy atom. The third kappa shape index (κ3) is 3.14. The summed E-state index contributed by atoms with van der Waals surface area (Å²) in [5.41, 5.74) is -1.30. The van der Waals surface area contributed by atoms with Crippen molar-refractivity contribution in [2.24, 2.45) is 0 Å². The average molecular weight is 271 g/mol. The zero-order valence-corrected chi connectivity index (χ0v) is 9.15. The summed E-state index contributed by atoms with van der Waals surface area (Å²) in [5, 5.41) is 8.53. The number of carboxylic acids is 1. The molecule has 0 bridgehead atoms. The van der Waals surface area contributed by atoms with Gasteiger partial charge in [0.2, 0.25) is 9.05 Å². The van der Waals surface area contributed by atoms with Crippen molar-refractivity contribution in [3.8, 4) is 0 Å². The molecule has 0 aliphatic carbocycles. The number of halogens is 3. The van der Waals surface area contributed by atoms with E-state index in [0.29, 0.717) is 12.1 Å². The van der Waals surface area contributed by atoms with Crippen LogP contribution in [0.1, 0.15) is 15.9 Å². The molecular formula is C8H5ClF2O4S. The van der Waals surface area contributed by atoms with E-state index in [4.69, 9.17) is 15.8 Å². The average Bonchev–Trinajstić information content (AvgIpc) is 2.07. The minimum absolute atomic E-state index is 0.306. The molecule has 0 atom stereocenters. The number of rotatable bonds is 3. The van der Waals surface area contributed by atoms with Crippen LogP contribution in [-0.4, -0.2) is 19.5 Å². The van der Waals surface area contributed by atoms with E-state index in [0.717, 1.165) is 0 Å². The first kappa shape index (κ1) is 12.9. The van der Waals surface area contributed by atoms with E-state index in [2.05, 4.69) is 0 Å².